The summed E-state index contributed by atoms with van der Waals surface area (Å²) in [5.41, 5.74) is 7.88. The van der Waals surface area contributed by atoms with Gasteiger partial charge in [-0.2, -0.15) is 0 Å². The molecule has 0 saturated carbocycles. The highest BCUT2D eigenvalue weighted by Gasteiger charge is 2.25. The first kappa shape index (κ1) is 26.5. The molecule has 12 aromatic rings. The minimum Gasteiger partial charge on any atom is -0.455 e. The lowest BCUT2D eigenvalue weighted by atomic mass is 10.0. The maximum Gasteiger partial charge on any atom is 0.236 e. The molecule has 5 nitrogen and oxygen atoms in total. The zero-order valence-corrected chi connectivity index (χ0v) is 27.2. The molecule has 0 spiro atoms. The van der Waals surface area contributed by atoms with Gasteiger partial charge in [-0.3, -0.25) is 4.57 Å². The summed E-state index contributed by atoms with van der Waals surface area (Å²) in [6.07, 6.45) is 0. The normalized spacial score (nSPS) is 12.4. The SMILES string of the molecule is c1ccc2cc3c(cc2c1)c1ccccc1n3-c1nc(-c2cc3c4ccccc4oc3c3c2sc2ccccc23)c2oc3ccccc3c2n1. The van der Waals surface area contributed by atoms with E-state index in [2.05, 4.69) is 114 Å². The van der Waals surface area contributed by atoms with Crippen molar-refractivity contribution in [3.05, 3.63) is 140 Å². The van der Waals surface area contributed by atoms with Crippen LogP contribution in [0.5, 0.6) is 0 Å². The van der Waals surface area contributed by atoms with E-state index < -0.39 is 0 Å². The van der Waals surface area contributed by atoms with E-state index >= 15 is 0 Å². The van der Waals surface area contributed by atoms with Gasteiger partial charge in [0.05, 0.1) is 11.0 Å². The summed E-state index contributed by atoms with van der Waals surface area (Å²) in [7, 11) is 0. The highest BCUT2D eigenvalue weighted by atomic mass is 32.1. The highest BCUT2D eigenvalue weighted by molar-refractivity contribution is 7.26. The van der Waals surface area contributed by atoms with Gasteiger partial charge in [0.1, 0.15) is 28.0 Å². The van der Waals surface area contributed by atoms with Crippen LogP contribution in [-0.2, 0) is 0 Å². The molecule has 50 heavy (non-hydrogen) atoms. The van der Waals surface area contributed by atoms with Crippen molar-refractivity contribution >= 4 is 108 Å². The molecule has 0 bridgehead atoms. The third-order valence-electron chi connectivity index (χ3n) is 10.2. The van der Waals surface area contributed by atoms with Crippen molar-refractivity contribution in [3.8, 4) is 17.2 Å². The largest absolute Gasteiger partial charge is 0.455 e. The lowest BCUT2D eigenvalue weighted by molar-refractivity contribution is 0.666. The molecule has 232 valence electrons. The van der Waals surface area contributed by atoms with Gasteiger partial charge in [-0.1, -0.05) is 91.0 Å². The van der Waals surface area contributed by atoms with Crippen molar-refractivity contribution in [2.45, 2.75) is 0 Å². The number of benzene rings is 7. The molecule has 7 aromatic carbocycles. The second-order valence-corrected chi connectivity index (χ2v) is 14.0. The Kier molecular flexibility index (Phi) is 5.06. The molecule has 0 unspecified atom stereocenters. The van der Waals surface area contributed by atoms with E-state index in [4.69, 9.17) is 18.8 Å². The van der Waals surface area contributed by atoms with E-state index in [1.54, 1.807) is 11.3 Å². The second-order valence-electron chi connectivity index (χ2n) is 12.9. The average Bonchev–Trinajstić information content (AvgIpc) is 3.92. The Morgan fingerprint density at radius 1 is 0.500 bits per heavy atom. The van der Waals surface area contributed by atoms with E-state index in [-0.39, 0.29) is 0 Å². The summed E-state index contributed by atoms with van der Waals surface area (Å²) < 4.78 is 17.8. The molecule has 12 rings (SSSR count). The molecule has 0 aliphatic rings. The molecule has 5 aromatic heterocycles. The molecule has 0 fully saturated rings. The second kappa shape index (κ2) is 9.56. The number of rotatable bonds is 2. The smallest absolute Gasteiger partial charge is 0.236 e. The molecule has 6 heteroatoms. The van der Waals surface area contributed by atoms with Crippen LogP contribution < -0.4 is 0 Å². The summed E-state index contributed by atoms with van der Waals surface area (Å²) in [5.74, 6) is 0.604. The van der Waals surface area contributed by atoms with Crippen molar-refractivity contribution in [3.63, 3.8) is 0 Å². The van der Waals surface area contributed by atoms with Gasteiger partial charge in [0.15, 0.2) is 5.58 Å². The number of para-hydroxylation sites is 3. The van der Waals surface area contributed by atoms with E-state index in [1.165, 1.54) is 26.2 Å². The van der Waals surface area contributed by atoms with E-state index in [0.717, 1.165) is 76.2 Å². The van der Waals surface area contributed by atoms with Crippen LogP contribution in [0.25, 0.3) is 114 Å². The first-order chi connectivity index (χ1) is 24.8. The van der Waals surface area contributed by atoms with Gasteiger partial charge in [-0.15, -0.1) is 11.3 Å². The van der Waals surface area contributed by atoms with Gasteiger partial charge >= 0.3 is 0 Å². The average molecular weight is 658 g/mol. The van der Waals surface area contributed by atoms with Crippen LogP contribution >= 0.6 is 11.3 Å². The Balaban J connectivity index is 1.28. The summed E-state index contributed by atoms with van der Waals surface area (Å²) in [6.45, 7) is 0. The zero-order chi connectivity index (χ0) is 32.5. The number of fused-ring (bicyclic) bond motifs is 14. The monoisotopic (exact) mass is 657 g/mol. The van der Waals surface area contributed by atoms with Gasteiger partial charge < -0.3 is 8.83 Å². The number of hydrogen-bond donors (Lipinski definition) is 0. The Morgan fingerprint density at radius 2 is 1.16 bits per heavy atom. The van der Waals surface area contributed by atoms with Crippen LogP contribution in [0.1, 0.15) is 0 Å². The van der Waals surface area contributed by atoms with Gasteiger partial charge in [0, 0.05) is 52.7 Å². The lowest BCUT2D eigenvalue weighted by Crippen LogP contribution is -2.03. The maximum atomic E-state index is 6.69. The van der Waals surface area contributed by atoms with Crippen LogP contribution in [0.4, 0.5) is 0 Å². The molecule has 0 aliphatic carbocycles. The van der Waals surface area contributed by atoms with E-state index in [9.17, 15) is 0 Å². The fraction of sp³-hybridized carbons (Fsp3) is 0. The van der Waals surface area contributed by atoms with Gasteiger partial charge in [0.25, 0.3) is 0 Å². The van der Waals surface area contributed by atoms with Gasteiger partial charge in [-0.25, -0.2) is 9.97 Å². The van der Waals surface area contributed by atoms with Gasteiger partial charge in [0.2, 0.25) is 5.95 Å². The quantitative estimate of drug-likeness (QED) is 0.186. The van der Waals surface area contributed by atoms with Crippen molar-refractivity contribution < 1.29 is 8.83 Å². The standard InChI is InChI=1S/C44H23N3O2S/c1-2-12-25-22-34-30(21-24(25)11-1)26-13-3-7-17-33(26)47(34)44-45-39-28-15-5-9-19-36(28)49-42(39)40(46-44)32-23-31-27-14-4-8-18-35(27)48-41(31)38-29-16-6-10-20-37(29)50-43(32)38/h1-23H. The van der Waals surface area contributed by atoms with E-state index in [1.807, 2.05) is 30.3 Å². The third-order valence-corrected chi connectivity index (χ3v) is 11.4. The first-order valence-corrected chi connectivity index (χ1v) is 17.5. The van der Waals surface area contributed by atoms with Crippen molar-refractivity contribution in [2.75, 3.05) is 0 Å². The molecule has 0 N–H and O–H groups in total. The first-order valence-electron chi connectivity index (χ1n) is 16.7. The summed E-state index contributed by atoms with van der Waals surface area (Å²) in [6, 6.07) is 48.8. The Morgan fingerprint density at radius 3 is 2.02 bits per heavy atom. The molecular formula is C44H23N3O2S. The number of hydrogen-bond acceptors (Lipinski definition) is 5. The van der Waals surface area contributed by atoms with Crippen molar-refractivity contribution in [1.29, 1.82) is 0 Å². The molecule has 0 saturated heterocycles. The Bertz CT molecular complexity index is 3400. The topological polar surface area (TPSA) is 57.0 Å². The molecule has 0 atom stereocenters. The maximum absolute atomic E-state index is 6.69. The van der Waals surface area contributed by atoms with Crippen LogP contribution in [0.2, 0.25) is 0 Å². The molecule has 0 radical (unpaired) electrons. The van der Waals surface area contributed by atoms with E-state index in [0.29, 0.717) is 11.5 Å². The fourth-order valence-corrected chi connectivity index (χ4v) is 9.19. The predicted octanol–water partition coefficient (Wildman–Crippen LogP) is 12.6. The molecule has 5 heterocycles. The number of thiophene rings is 1. The zero-order valence-electron chi connectivity index (χ0n) is 26.3. The van der Waals surface area contributed by atoms with Crippen LogP contribution in [-0.4, -0.2) is 14.5 Å². The Labute approximate surface area is 287 Å². The molecule has 0 aliphatic heterocycles. The minimum absolute atomic E-state index is 0.604. The third kappa shape index (κ3) is 3.45. The Hall–Kier alpha value is -6.50. The molecular weight excluding hydrogens is 635 g/mol. The predicted molar refractivity (Wildman–Crippen MR) is 207 cm³/mol. The van der Waals surface area contributed by atoms with Crippen molar-refractivity contribution in [2.24, 2.45) is 0 Å². The summed E-state index contributed by atoms with van der Waals surface area (Å²) in [4.78, 5) is 10.9. The van der Waals surface area contributed by atoms with Crippen LogP contribution in [0.3, 0.4) is 0 Å². The number of aromatic nitrogens is 3. The fourth-order valence-electron chi connectivity index (χ4n) is 7.97. The number of furan rings is 2. The highest BCUT2D eigenvalue weighted by Crippen LogP contribution is 2.48. The number of nitrogens with zero attached hydrogens (tertiary/aromatic N) is 3. The summed E-state index contributed by atoms with van der Waals surface area (Å²) >= 11 is 1.76. The van der Waals surface area contributed by atoms with Crippen molar-refractivity contribution in [1.82, 2.24) is 14.5 Å². The van der Waals surface area contributed by atoms with Crippen LogP contribution in [0.15, 0.2) is 148 Å². The lowest BCUT2D eigenvalue weighted by Gasteiger charge is -2.11. The van der Waals surface area contributed by atoms with Gasteiger partial charge in [-0.05, 0) is 59.3 Å². The minimum atomic E-state index is 0.604. The van der Waals surface area contributed by atoms with Crippen LogP contribution in [0, 0.1) is 0 Å². The molecule has 0 amide bonds. The summed E-state index contributed by atoms with van der Waals surface area (Å²) in [5, 5.41) is 10.1.